The minimum absolute atomic E-state index is 0.987. The van der Waals surface area contributed by atoms with Gasteiger partial charge in [-0.15, -0.1) is 0 Å². The number of unbranched alkanes of at least 4 members (excludes halogenated alkanes) is 9. The van der Waals surface area contributed by atoms with E-state index in [1.54, 1.807) is 6.26 Å². The lowest BCUT2D eigenvalue weighted by Gasteiger charge is -2.09. The first-order valence-electron chi connectivity index (χ1n) is 13.1. The zero-order chi connectivity index (χ0) is 22.5. The molecule has 0 N–H and O–H groups in total. The third kappa shape index (κ3) is 4.93. The molecule has 0 aliphatic rings. The first-order chi connectivity index (χ1) is 16.3. The molecule has 0 fully saturated rings. The van der Waals surface area contributed by atoms with Crippen LogP contribution in [0.15, 0.2) is 71.3 Å². The Morgan fingerprint density at radius 2 is 1.21 bits per heavy atom. The van der Waals surface area contributed by atoms with Crippen molar-refractivity contribution in [1.82, 2.24) is 0 Å². The van der Waals surface area contributed by atoms with Gasteiger partial charge in [-0.25, -0.2) is 0 Å². The summed E-state index contributed by atoms with van der Waals surface area (Å²) in [4.78, 5) is 0. The standard InChI is InChI=1S/C32H36O/c1-2-3-4-5-6-7-8-9-10-11-12-24-13-14-26-23-31-27(22-28(26)21-24)16-18-30-29(31)17-15-25-19-20-33-32(25)30/h13-23H,2-12H2,1H3. The van der Waals surface area contributed by atoms with E-state index in [0.29, 0.717) is 0 Å². The largest absolute Gasteiger partial charge is 0.464 e. The lowest BCUT2D eigenvalue weighted by Crippen LogP contribution is -1.88. The molecule has 0 saturated carbocycles. The third-order valence-electron chi connectivity index (χ3n) is 7.27. The molecular weight excluding hydrogens is 400 g/mol. The average Bonchev–Trinajstić information content (AvgIpc) is 3.33. The summed E-state index contributed by atoms with van der Waals surface area (Å²) in [6, 6.07) is 22.7. The van der Waals surface area contributed by atoms with Crippen molar-refractivity contribution in [2.75, 3.05) is 0 Å². The van der Waals surface area contributed by atoms with Crippen LogP contribution in [0.1, 0.15) is 76.7 Å². The monoisotopic (exact) mass is 436 g/mol. The molecule has 0 saturated heterocycles. The van der Waals surface area contributed by atoms with Crippen LogP contribution in [0.5, 0.6) is 0 Å². The van der Waals surface area contributed by atoms with Gasteiger partial charge in [0.25, 0.3) is 0 Å². The first-order valence-corrected chi connectivity index (χ1v) is 13.1. The molecule has 0 atom stereocenters. The van der Waals surface area contributed by atoms with Crippen molar-refractivity contribution in [2.45, 2.75) is 77.6 Å². The van der Waals surface area contributed by atoms with Gasteiger partial charge in [0.05, 0.1) is 6.26 Å². The molecule has 1 heterocycles. The molecule has 0 aliphatic carbocycles. The van der Waals surface area contributed by atoms with E-state index >= 15 is 0 Å². The van der Waals surface area contributed by atoms with Crippen molar-refractivity contribution in [3.05, 3.63) is 72.5 Å². The summed E-state index contributed by atoms with van der Waals surface area (Å²) in [5.74, 6) is 0. The van der Waals surface area contributed by atoms with E-state index in [0.717, 1.165) is 5.58 Å². The second kappa shape index (κ2) is 10.4. The smallest absolute Gasteiger partial charge is 0.141 e. The van der Waals surface area contributed by atoms with Crippen molar-refractivity contribution in [3.63, 3.8) is 0 Å². The maximum absolute atomic E-state index is 5.77. The Labute approximate surface area is 197 Å². The first kappa shape index (κ1) is 22.0. The number of aryl methyl sites for hydroxylation is 1. The van der Waals surface area contributed by atoms with Gasteiger partial charge in [-0.2, -0.15) is 0 Å². The second-order valence-electron chi connectivity index (χ2n) is 9.75. The number of benzene rings is 4. The van der Waals surface area contributed by atoms with E-state index in [1.807, 2.05) is 6.07 Å². The van der Waals surface area contributed by atoms with E-state index in [1.165, 1.54) is 114 Å². The number of hydrogen-bond acceptors (Lipinski definition) is 1. The lowest BCUT2D eigenvalue weighted by atomic mass is 9.95. The number of hydrogen-bond donors (Lipinski definition) is 0. The van der Waals surface area contributed by atoms with Crippen molar-refractivity contribution in [3.8, 4) is 0 Å². The van der Waals surface area contributed by atoms with E-state index < -0.39 is 0 Å². The highest BCUT2D eigenvalue weighted by molar-refractivity contribution is 6.17. The molecule has 33 heavy (non-hydrogen) atoms. The van der Waals surface area contributed by atoms with Crippen molar-refractivity contribution < 1.29 is 4.42 Å². The summed E-state index contributed by atoms with van der Waals surface area (Å²) < 4.78 is 5.77. The second-order valence-corrected chi connectivity index (χ2v) is 9.75. The minimum Gasteiger partial charge on any atom is -0.464 e. The molecule has 0 spiro atoms. The van der Waals surface area contributed by atoms with Gasteiger partial charge in [0, 0.05) is 10.8 Å². The van der Waals surface area contributed by atoms with Gasteiger partial charge in [0.2, 0.25) is 0 Å². The number of furan rings is 1. The predicted octanol–water partition coefficient (Wildman–Crippen LogP) is 10.4. The molecular formula is C32H36O. The fraction of sp³-hybridized carbons (Fsp3) is 0.375. The van der Waals surface area contributed by atoms with Gasteiger partial charge in [-0.05, 0) is 69.6 Å². The summed E-state index contributed by atoms with van der Waals surface area (Å²) in [5, 5.41) is 8.91. The lowest BCUT2D eigenvalue weighted by molar-refractivity contribution is 0.556. The van der Waals surface area contributed by atoms with Crippen LogP contribution in [0.2, 0.25) is 0 Å². The predicted molar refractivity (Wildman–Crippen MR) is 144 cm³/mol. The Bertz CT molecular complexity index is 1360. The van der Waals surface area contributed by atoms with Crippen molar-refractivity contribution in [1.29, 1.82) is 0 Å². The summed E-state index contributed by atoms with van der Waals surface area (Å²) in [5.41, 5.74) is 2.46. The van der Waals surface area contributed by atoms with Crippen molar-refractivity contribution >= 4 is 43.3 Å². The van der Waals surface area contributed by atoms with Gasteiger partial charge in [-0.1, -0.05) is 101 Å². The van der Waals surface area contributed by atoms with Gasteiger partial charge in [0.15, 0.2) is 0 Å². The summed E-state index contributed by atoms with van der Waals surface area (Å²) in [7, 11) is 0. The average molecular weight is 437 g/mol. The van der Waals surface area contributed by atoms with Crippen LogP contribution in [0.4, 0.5) is 0 Å². The highest BCUT2D eigenvalue weighted by Crippen LogP contribution is 2.34. The Morgan fingerprint density at radius 1 is 0.515 bits per heavy atom. The fourth-order valence-electron chi connectivity index (χ4n) is 5.34. The maximum atomic E-state index is 5.77. The van der Waals surface area contributed by atoms with Crippen LogP contribution < -0.4 is 0 Å². The number of rotatable bonds is 11. The van der Waals surface area contributed by atoms with Crippen LogP contribution >= 0.6 is 0 Å². The normalized spacial score (nSPS) is 11.9. The summed E-state index contributed by atoms with van der Waals surface area (Å²) in [6.45, 7) is 2.29. The molecule has 0 unspecified atom stereocenters. The molecule has 0 bridgehead atoms. The summed E-state index contributed by atoms with van der Waals surface area (Å²) in [6.07, 6.45) is 16.9. The Hall–Kier alpha value is -2.80. The topological polar surface area (TPSA) is 13.1 Å². The molecule has 0 amide bonds. The van der Waals surface area contributed by atoms with E-state index in [4.69, 9.17) is 4.42 Å². The zero-order valence-corrected chi connectivity index (χ0v) is 20.0. The minimum atomic E-state index is 0.987. The van der Waals surface area contributed by atoms with Gasteiger partial charge >= 0.3 is 0 Å². The van der Waals surface area contributed by atoms with E-state index in [9.17, 15) is 0 Å². The molecule has 1 aromatic heterocycles. The summed E-state index contributed by atoms with van der Waals surface area (Å²) >= 11 is 0. The Kier molecular flexibility index (Phi) is 6.95. The van der Waals surface area contributed by atoms with Crippen LogP contribution in [0.25, 0.3) is 43.3 Å². The Morgan fingerprint density at radius 3 is 2.03 bits per heavy atom. The van der Waals surface area contributed by atoms with Crippen LogP contribution in [-0.2, 0) is 6.42 Å². The van der Waals surface area contributed by atoms with Crippen molar-refractivity contribution in [2.24, 2.45) is 0 Å². The molecule has 0 radical (unpaired) electrons. The molecule has 5 aromatic rings. The van der Waals surface area contributed by atoms with E-state index in [-0.39, 0.29) is 0 Å². The van der Waals surface area contributed by atoms with Gasteiger partial charge < -0.3 is 4.42 Å². The maximum Gasteiger partial charge on any atom is 0.141 e. The molecule has 4 aromatic carbocycles. The number of fused-ring (bicyclic) bond motifs is 6. The molecule has 1 nitrogen and oxygen atoms in total. The van der Waals surface area contributed by atoms with Gasteiger partial charge in [0.1, 0.15) is 5.58 Å². The van der Waals surface area contributed by atoms with Gasteiger partial charge in [-0.3, -0.25) is 0 Å². The highest BCUT2D eigenvalue weighted by Gasteiger charge is 2.08. The molecule has 0 aliphatic heterocycles. The third-order valence-corrected chi connectivity index (χ3v) is 7.27. The zero-order valence-electron chi connectivity index (χ0n) is 20.0. The van der Waals surface area contributed by atoms with E-state index in [2.05, 4.69) is 61.5 Å². The SMILES string of the molecule is CCCCCCCCCCCCc1ccc2cc3c(ccc4c3ccc3ccoc34)cc2c1. The van der Waals surface area contributed by atoms with Crippen LogP contribution in [-0.4, -0.2) is 0 Å². The Balaban J connectivity index is 1.23. The molecule has 170 valence electrons. The highest BCUT2D eigenvalue weighted by atomic mass is 16.3. The molecule has 5 rings (SSSR count). The fourth-order valence-corrected chi connectivity index (χ4v) is 5.34. The molecule has 1 heteroatoms. The van der Waals surface area contributed by atoms with Crippen LogP contribution in [0.3, 0.4) is 0 Å². The van der Waals surface area contributed by atoms with Crippen LogP contribution in [0, 0.1) is 0 Å². The quantitative estimate of drug-likeness (QED) is 0.114.